The molecule has 0 aromatic heterocycles. The minimum Gasteiger partial charge on any atom is -0.493 e. The lowest BCUT2D eigenvalue weighted by molar-refractivity contribution is 0.354. The molecular formula is C17H19NO2. The Morgan fingerprint density at radius 3 is 2.60 bits per heavy atom. The lowest BCUT2D eigenvalue weighted by Crippen LogP contribution is -2.30. The van der Waals surface area contributed by atoms with E-state index in [1.807, 2.05) is 6.07 Å². The molecule has 0 saturated heterocycles. The quantitative estimate of drug-likeness (QED) is 0.929. The fraction of sp³-hybridized carbons (Fsp3) is 0.294. The number of nitrogens with one attached hydrogen (secondary N) is 1. The van der Waals surface area contributed by atoms with E-state index in [2.05, 4.69) is 41.7 Å². The summed E-state index contributed by atoms with van der Waals surface area (Å²) in [6, 6.07) is 15.0. The first-order chi connectivity index (χ1) is 9.83. The molecule has 2 aromatic rings. The van der Waals surface area contributed by atoms with Crippen LogP contribution in [0.1, 0.15) is 22.7 Å². The van der Waals surface area contributed by atoms with Crippen molar-refractivity contribution in [2.45, 2.75) is 12.5 Å². The van der Waals surface area contributed by atoms with Gasteiger partial charge in [0.25, 0.3) is 0 Å². The molecule has 0 bridgehead atoms. The van der Waals surface area contributed by atoms with Crippen LogP contribution in [-0.2, 0) is 6.42 Å². The van der Waals surface area contributed by atoms with Crippen LogP contribution in [0.3, 0.4) is 0 Å². The highest BCUT2D eigenvalue weighted by Gasteiger charge is 2.21. The number of hydrogen-bond acceptors (Lipinski definition) is 3. The molecule has 20 heavy (non-hydrogen) atoms. The van der Waals surface area contributed by atoms with Gasteiger partial charge in [-0.3, -0.25) is 0 Å². The van der Waals surface area contributed by atoms with Gasteiger partial charge in [-0.05, 0) is 35.2 Å². The van der Waals surface area contributed by atoms with E-state index >= 15 is 0 Å². The predicted molar refractivity (Wildman–Crippen MR) is 79.5 cm³/mol. The molecule has 1 N–H and O–H groups in total. The Bertz CT molecular complexity index is 610. The molecule has 3 rings (SSSR count). The van der Waals surface area contributed by atoms with Crippen molar-refractivity contribution in [2.24, 2.45) is 0 Å². The smallest absolute Gasteiger partial charge is 0.161 e. The van der Waals surface area contributed by atoms with Crippen molar-refractivity contribution in [3.63, 3.8) is 0 Å². The van der Waals surface area contributed by atoms with E-state index in [9.17, 15) is 0 Å². The topological polar surface area (TPSA) is 30.5 Å². The van der Waals surface area contributed by atoms with E-state index in [4.69, 9.17) is 9.47 Å². The Labute approximate surface area is 119 Å². The average molecular weight is 269 g/mol. The van der Waals surface area contributed by atoms with E-state index in [1.54, 1.807) is 14.2 Å². The van der Waals surface area contributed by atoms with Crippen LogP contribution >= 0.6 is 0 Å². The Kier molecular flexibility index (Phi) is 3.61. The lowest BCUT2D eigenvalue weighted by atomic mass is 9.90. The maximum atomic E-state index is 5.40. The van der Waals surface area contributed by atoms with E-state index in [0.717, 1.165) is 24.5 Å². The summed E-state index contributed by atoms with van der Waals surface area (Å²) in [6.45, 7) is 0.996. The molecule has 0 spiro atoms. The molecule has 0 aliphatic carbocycles. The molecule has 0 radical (unpaired) electrons. The summed E-state index contributed by atoms with van der Waals surface area (Å²) in [7, 11) is 3.33. The van der Waals surface area contributed by atoms with Crippen molar-refractivity contribution in [1.29, 1.82) is 0 Å². The summed E-state index contributed by atoms with van der Waals surface area (Å²) >= 11 is 0. The predicted octanol–water partition coefficient (Wildman–Crippen LogP) is 2.94. The molecule has 2 aromatic carbocycles. The molecule has 1 atom stereocenters. The lowest BCUT2D eigenvalue weighted by Gasteiger charge is -2.27. The minimum absolute atomic E-state index is 0.222. The van der Waals surface area contributed by atoms with Gasteiger partial charge in [-0.1, -0.05) is 30.3 Å². The molecule has 3 nitrogen and oxygen atoms in total. The van der Waals surface area contributed by atoms with Crippen LogP contribution in [0.5, 0.6) is 11.5 Å². The Balaban J connectivity index is 2.02. The van der Waals surface area contributed by atoms with Gasteiger partial charge in [0.1, 0.15) is 0 Å². The van der Waals surface area contributed by atoms with Crippen molar-refractivity contribution in [3.8, 4) is 11.5 Å². The third-order valence-corrected chi connectivity index (χ3v) is 3.85. The van der Waals surface area contributed by atoms with E-state index in [0.29, 0.717) is 0 Å². The molecule has 0 amide bonds. The Morgan fingerprint density at radius 1 is 1.00 bits per heavy atom. The molecule has 0 fully saturated rings. The van der Waals surface area contributed by atoms with Gasteiger partial charge in [-0.25, -0.2) is 0 Å². The number of benzene rings is 2. The SMILES string of the molecule is COc1ccc(C2NCCc3ccccc32)cc1OC. The maximum Gasteiger partial charge on any atom is 0.161 e. The molecular weight excluding hydrogens is 250 g/mol. The largest absolute Gasteiger partial charge is 0.493 e. The van der Waals surface area contributed by atoms with Gasteiger partial charge in [0, 0.05) is 6.54 Å². The minimum atomic E-state index is 0.222. The van der Waals surface area contributed by atoms with E-state index in [1.165, 1.54) is 16.7 Å². The van der Waals surface area contributed by atoms with Crippen LogP contribution in [0.25, 0.3) is 0 Å². The molecule has 0 saturated carbocycles. The van der Waals surface area contributed by atoms with Crippen molar-refractivity contribution in [2.75, 3.05) is 20.8 Å². The molecule has 1 unspecified atom stereocenters. The zero-order valence-electron chi connectivity index (χ0n) is 11.8. The Hall–Kier alpha value is -2.00. The summed E-state index contributed by atoms with van der Waals surface area (Å²) in [5.74, 6) is 1.54. The van der Waals surface area contributed by atoms with Gasteiger partial charge in [-0.15, -0.1) is 0 Å². The van der Waals surface area contributed by atoms with Gasteiger partial charge in [0.05, 0.1) is 20.3 Å². The van der Waals surface area contributed by atoms with Crippen molar-refractivity contribution in [3.05, 3.63) is 59.2 Å². The third kappa shape index (κ3) is 2.25. The number of ether oxygens (including phenoxy) is 2. The standard InChI is InChI=1S/C17H19NO2/c1-19-15-8-7-13(11-16(15)20-2)17-14-6-4-3-5-12(14)9-10-18-17/h3-8,11,17-18H,9-10H2,1-2H3. The van der Waals surface area contributed by atoms with Gasteiger partial charge < -0.3 is 14.8 Å². The second kappa shape index (κ2) is 5.55. The fourth-order valence-electron chi connectivity index (χ4n) is 2.83. The zero-order chi connectivity index (χ0) is 13.9. The van der Waals surface area contributed by atoms with E-state index in [-0.39, 0.29) is 6.04 Å². The van der Waals surface area contributed by atoms with Crippen LogP contribution in [0, 0.1) is 0 Å². The van der Waals surface area contributed by atoms with Crippen LogP contribution in [-0.4, -0.2) is 20.8 Å². The van der Waals surface area contributed by atoms with Crippen molar-refractivity contribution < 1.29 is 9.47 Å². The second-order valence-corrected chi connectivity index (χ2v) is 4.95. The summed E-state index contributed by atoms with van der Waals surface area (Å²) in [4.78, 5) is 0. The first kappa shape index (κ1) is 13.0. The first-order valence-corrected chi connectivity index (χ1v) is 6.86. The van der Waals surface area contributed by atoms with Crippen LogP contribution in [0.4, 0.5) is 0 Å². The number of fused-ring (bicyclic) bond motifs is 1. The highest BCUT2D eigenvalue weighted by Crippen LogP contribution is 2.34. The van der Waals surface area contributed by atoms with Gasteiger partial charge >= 0.3 is 0 Å². The van der Waals surface area contributed by atoms with E-state index < -0.39 is 0 Å². The monoisotopic (exact) mass is 269 g/mol. The highest BCUT2D eigenvalue weighted by molar-refractivity contribution is 5.47. The van der Waals surface area contributed by atoms with Crippen molar-refractivity contribution in [1.82, 2.24) is 5.32 Å². The normalized spacial score (nSPS) is 17.4. The first-order valence-electron chi connectivity index (χ1n) is 6.86. The third-order valence-electron chi connectivity index (χ3n) is 3.85. The van der Waals surface area contributed by atoms with Gasteiger partial charge in [0.15, 0.2) is 11.5 Å². The number of rotatable bonds is 3. The average Bonchev–Trinajstić information content (AvgIpc) is 2.53. The van der Waals surface area contributed by atoms with Crippen molar-refractivity contribution >= 4 is 0 Å². The summed E-state index contributed by atoms with van der Waals surface area (Å²) < 4.78 is 10.7. The highest BCUT2D eigenvalue weighted by atomic mass is 16.5. The fourth-order valence-corrected chi connectivity index (χ4v) is 2.83. The van der Waals surface area contributed by atoms with Gasteiger partial charge in [-0.2, -0.15) is 0 Å². The number of methoxy groups -OCH3 is 2. The summed E-state index contributed by atoms with van der Waals surface area (Å²) in [6.07, 6.45) is 1.08. The number of hydrogen-bond donors (Lipinski definition) is 1. The maximum absolute atomic E-state index is 5.40. The molecule has 1 aliphatic heterocycles. The van der Waals surface area contributed by atoms with Crippen LogP contribution in [0.2, 0.25) is 0 Å². The molecule has 104 valence electrons. The second-order valence-electron chi connectivity index (χ2n) is 4.95. The molecule has 1 heterocycles. The van der Waals surface area contributed by atoms with Crippen LogP contribution < -0.4 is 14.8 Å². The zero-order valence-corrected chi connectivity index (χ0v) is 11.8. The van der Waals surface area contributed by atoms with Gasteiger partial charge in [0.2, 0.25) is 0 Å². The summed E-state index contributed by atoms with van der Waals surface area (Å²) in [5.41, 5.74) is 3.98. The Morgan fingerprint density at radius 2 is 1.80 bits per heavy atom. The van der Waals surface area contributed by atoms with Crippen LogP contribution in [0.15, 0.2) is 42.5 Å². The molecule has 3 heteroatoms. The summed E-state index contributed by atoms with van der Waals surface area (Å²) in [5, 5.41) is 3.58. The molecule has 1 aliphatic rings.